The van der Waals surface area contributed by atoms with Crippen molar-refractivity contribution in [3.05, 3.63) is 0 Å². The highest BCUT2D eigenvalue weighted by Gasteiger charge is 2.59. The van der Waals surface area contributed by atoms with Crippen molar-refractivity contribution in [1.29, 1.82) is 0 Å². The minimum Gasteiger partial charge on any atom is -0.303 e. The van der Waals surface area contributed by atoms with Gasteiger partial charge in [0.1, 0.15) is 6.29 Å². The summed E-state index contributed by atoms with van der Waals surface area (Å²) in [6.07, 6.45) is 4.82. The summed E-state index contributed by atoms with van der Waals surface area (Å²) in [7, 11) is 0. The van der Waals surface area contributed by atoms with Crippen molar-refractivity contribution < 1.29 is 4.79 Å². The Morgan fingerprint density at radius 3 is 2.42 bits per heavy atom. The fourth-order valence-corrected chi connectivity index (χ4v) is 3.44. The summed E-state index contributed by atoms with van der Waals surface area (Å²) in [5.41, 5.74) is 0.466. The number of hydrogen-bond acceptors (Lipinski definition) is 1. The average Bonchev–Trinajstić information content (AvgIpc) is 2.53. The summed E-state index contributed by atoms with van der Waals surface area (Å²) in [5, 5.41) is 0. The van der Waals surface area contributed by atoms with Crippen LogP contribution in [0.4, 0.5) is 0 Å². The zero-order valence-corrected chi connectivity index (χ0v) is 8.26. The zero-order chi connectivity index (χ0) is 8.98. The van der Waals surface area contributed by atoms with Crippen LogP contribution in [0.2, 0.25) is 0 Å². The van der Waals surface area contributed by atoms with E-state index in [1.165, 1.54) is 12.7 Å². The first-order valence-corrected chi connectivity index (χ1v) is 4.99. The highest BCUT2D eigenvalue weighted by atomic mass is 16.1. The molecular formula is C11H18O. The van der Waals surface area contributed by atoms with Gasteiger partial charge in [-0.05, 0) is 36.5 Å². The zero-order valence-electron chi connectivity index (χ0n) is 8.26. The van der Waals surface area contributed by atoms with Gasteiger partial charge in [0, 0.05) is 5.41 Å². The van der Waals surface area contributed by atoms with Crippen LogP contribution in [0.15, 0.2) is 0 Å². The Labute approximate surface area is 74.5 Å². The summed E-state index contributed by atoms with van der Waals surface area (Å²) < 4.78 is 0. The third-order valence-corrected chi connectivity index (χ3v) is 4.85. The lowest BCUT2D eigenvalue weighted by molar-refractivity contribution is -0.119. The quantitative estimate of drug-likeness (QED) is 0.547. The van der Waals surface area contributed by atoms with Gasteiger partial charge in [0.15, 0.2) is 0 Å². The summed E-state index contributed by atoms with van der Waals surface area (Å²) >= 11 is 0. The number of fused-ring (bicyclic) bond motifs is 2. The van der Waals surface area contributed by atoms with E-state index < -0.39 is 0 Å². The molecule has 0 radical (unpaired) electrons. The van der Waals surface area contributed by atoms with Crippen LogP contribution in [0.3, 0.4) is 0 Å². The Bertz CT molecular complexity index is 219. The van der Waals surface area contributed by atoms with Gasteiger partial charge in [0.2, 0.25) is 0 Å². The fraction of sp³-hybridized carbons (Fsp3) is 0.909. The molecule has 0 saturated heterocycles. The molecule has 0 aromatic heterocycles. The number of carbonyl (C=O) groups is 1. The predicted molar refractivity (Wildman–Crippen MR) is 48.8 cm³/mol. The van der Waals surface area contributed by atoms with Crippen LogP contribution in [0.1, 0.15) is 40.0 Å². The van der Waals surface area contributed by atoms with E-state index in [1.807, 2.05) is 0 Å². The molecule has 2 rings (SSSR count). The number of rotatable bonds is 1. The summed E-state index contributed by atoms with van der Waals surface area (Å²) in [4.78, 5) is 11.1. The van der Waals surface area contributed by atoms with E-state index in [2.05, 4.69) is 20.8 Å². The van der Waals surface area contributed by atoms with Crippen LogP contribution < -0.4 is 0 Å². The van der Waals surface area contributed by atoms with Gasteiger partial charge >= 0.3 is 0 Å². The Kier molecular flexibility index (Phi) is 1.47. The molecular weight excluding hydrogens is 148 g/mol. The largest absolute Gasteiger partial charge is 0.303 e. The molecule has 2 aliphatic rings. The van der Waals surface area contributed by atoms with E-state index in [1.54, 1.807) is 0 Å². The minimum atomic E-state index is 0.0637. The number of aldehydes is 1. The lowest BCUT2D eigenvalue weighted by atomic mass is 9.65. The maximum atomic E-state index is 11.1. The Morgan fingerprint density at radius 1 is 1.42 bits per heavy atom. The maximum Gasteiger partial charge on any atom is 0.126 e. The van der Waals surface area contributed by atoms with Crippen LogP contribution in [-0.4, -0.2) is 6.29 Å². The number of hydrogen-bond donors (Lipinski definition) is 0. The third-order valence-electron chi connectivity index (χ3n) is 4.85. The molecule has 3 unspecified atom stereocenters. The molecule has 1 nitrogen and oxygen atoms in total. The minimum absolute atomic E-state index is 0.0637. The Morgan fingerprint density at radius 2 is 2.08 bits per heavy atom. The predicted octanol–water partition coefficient (Wildman–Crippen LogP) is 2.65. The summed E-state index contributed by atoms with van der Waals surface area (Å²) in [5.74, 6) is 1.39. The van der Waals surface area contributed by atoms with Crippen molar-refractivity contribution in [2.45, 2.75) is 40.0 Å². The second kappa shape index (κ2) is 2.12. The molecule has 68 valence electrons. The van der Waals surface area contributed by atoms with Crippen molar-refractivity contribution >= 4 is 6.29 Å². The van der Waals surface area contributed by atoms with E-state index in [-0.39, 0.29) is 5.41 Å². The van der Waals surface area contributed by atoms with Crippen molar-refractivity contribution in [3.63, 3.8) is 0 Å². The van der Waals surface area contributed by atoms with E-state index >= 15 is 0 Å². The second-order valence-electron chi connectivity index (χ2n) is 5.33. The van der Waals surface area contributed by atoms with E-state index in [0.29, 0.717) is 11.3 Å². The first-order chi connectivity index (χ1) is 5.53. The van der Waals surface area contributed by atoms with Crippen molar-refractivity contribution in [3.8, 4) is 0 Å². The molecule has 0 spiro atoms. The van der Waals surface area contributed by atoms with E-state index in [9.17, 15) is 4.79 Å². The molecule has 1 heteroatoms. The van der Waals surface area contributed by atoms with E-state index in [4.69, 9.17) is 0 Å². The second-order valence-corrected chi connectivity index (χ2v) is 5.33. The Balaban J connectivity index is 2.37. The van der Waals surface area contributed by atoms with Gasteiger partial charge in [0.05, 0.1) is 0 Å². The molecule has 0 aliphatic heterocycles. The number of carbonyl (C=O) groups excluding carboxylic acids is 1. The Hall–Kier alpha value is -0.330. The van der Waals surface area contributed by atoms with E-state index in [0.717, 1.165) is 18.8 Å². The first kappa shape index (κ1) is 8.28. The normalized spacial score (nSPS) is 49.6. The van der Waals surface area contributed by atoms with Gasteiger partial charge in [-0.25, -0.2) is 0 Å². The molecule has 0 amide bonds. The van der Waals surface area contributed by atoms with Crippen molar-refractivity contribution in [2.24, 2.45) is 22.7 Å². The molecule has 2 saturated carbocycles. The molecule has 0 heterocycles. The van der Waals surface area contributed by atoms with Gasteiger partial charge in [0.25, 0.3) is 0 Å². The lowest BCUT2D eigenvalue weighted by Crippen LogP contribution is -2.35. The maximum absolute atomic E-state index is 11.1. The van der Waals surface area contributed by atoms with Crippen LogP contribution in [0.5, 0.6) is 0 Å². The highest BCUT2D eigenvalue weighted by molar-refractivity contribution is 5.62. The lowest BCUT2D eigenvalue weighted by Gasteiger charge is -2.39. The molecule has 0 aromatic rings. The van der Waals surface area contributed by atoms with Gasteiger partial charge in [-0.2, -0.15) is 0 Å². The van der Waals surface area contributed by atoms with Crippen molar-refractivity contribution in [2.75, 3.05) is 0 Å². The first-order valence-electron chi connectivity index (χ1n) is 4.99. The summed E-state index contributed by atoms with van der Waals surface area (Å²) in [6.45, 7) is 6.91. The fourth-order valence-electron chi connectivity index (χ4n) is 3.44. The molecule has 3 atom stereocenters. The van der Waals surface area contributed by atoms with Gasteiger partial charge in [-0.3, -0.25) is 0 Å². The monoisotopic (exact) mass is 166 g/mol. The van der Waals surface area contributed by atoms with Gasteiger partial charge < -0.3 is 4.79 Å². The van der Waals surface area contributed by atoms with Gasteiger partial charge in [-0.1, -0.05) is 20.8 Å². The van der Waals surface area contributed by atoms with Crippen molar-refractivity contribution in [1.82, 2.24) is 0 Å². The molecule has 2 fully saturated rings. The molecule has 2 aliphatic carbocycles. The highest BCUT2D eigenvalue weighted by Crippen LogP contribution is 2.64. The summed E-state index contributed by atoms with van der Waals surface area (Å²) in [6, 6.07) is 0. The van der Waals surface area contributed by atoms with Crippen LogP contribution >= 0.6 is 0 Å². The van der Waals surface area contributed by atoms with Gasteiger partial charge in [-0.15, -0.1) is 0 Å². The smallest absolute Gasteiger partial charge is 0.126 e. The topological polar surface area (TPSA) is 17.1 Å². The SMILES string of the molecule is CC1C2(C=O)CCC(C2)C1(C)C. The molecule has 12 heavy (non-hydrogen) atoms. The third kappa shape index (κ3) is 0.725. The standard InChI is InChI=1S/C11H18O/c1-8-10(2,3)9-4-5-11(8,6-9)7-12/h7-9H,4-6H2,1-3H3. The average molecular weight is 166 g/mol. The molecule has 0 aromatic carbocycles. The molecule has 2 bridgehead atoms. The van der Waals surface area contributed by atoms with Crippen LogP contribution in [0.25, 0.3) is 0 Å². The van der Waals surface area contributed by atoms with Crippen LogP contribution in [0, 0.1) is 22.7 Å². The van der Waals surface area contributed by atoms with Crippen LogP contribution in [-0.2, 0) is 4.79 Å². The molecule has 0 N–H and O–H groups in total.